The highest BCUT2D eigenvalue weighted by Gasteiger charge is 2.32. The first kappa shape index (κ1) is 24.6. The Morgan fingerprint density at radius 3 is 2.61 bits per heavy atom. The quantitative estimate of drug-likeness (QED) is 0.616. The van der Waals surface area contributed by atoms with Crippen LogP contribution in [0.15, 0.2) is 76.9 Å². The van der Waals surface area contributed by atoms with Crippen molar-refractivity contribution in [1.82, 2.24) is 9.62 Å². The summed E-state index contributed by atoms with van der Waals surface area (Å²) in [5.41, 5.74) is -0.222. The lowest BCUT2D eigenvalue weighted by Crippen LogP contribution is -2.47. The van der Waals surface area contributed by atoms with E-state index in [1.165, 1.54) is 36.5 Å². The minimum Gasteiger partial charge on any atom is -0.475 e. The van der Waals surface area contributed by atoms with Gasteiger partial charge in [-0.1, -0.05) is 24.2 Å². The molecule has 1 aliphatic rings. The molecule has 0 radical (unpaired) electrons. The van der Waals surface area contributed by atoms with Gasteiger partial charge in [-0.2, -0.15) is 4.31 Å². The number of hydrogen-bond donors (Lipinski definition) is 1. The normalized spacial score (nSPS) is 18.6. The summed E-state index contributed by atoms with van der Waals surface area (Å²) >= 11 is 5.91. The molecule has 0 saturated carbocycles. The molecule has 1 saturated heterocycles. The average molecular weight is 496 g/mol. The van der Waals surface area contributed by atoms with Gasteiger partial charge in [0.05, 0.1) is 40.5 Å². The molecule has 2 aromatic carbocycles. The van der Waals surface area contributed by atoms with Crippen molar-refractivity contribution in [2.24, 2.45) is 4.99 Å². The Kier molecular flexibility index (Phi) is 7.62. The van der Waals surface area contributed by atoms with E-state index in [1.54, 1.807) is 6.92 Å². The SMILES string of the molecule is C=C/C(=C\N=C1CN(S(=O)(=O)c2ccc(F)cc2)C[C@H](C)O1)NC(=O)c1c(F)cccc1Cl. The maximum atomic E-state index is 14.0. The van der Waals surface area contributed by atoms with Crippen molar-refractivity contribution in [2.45, 2.75) is 17.9 Å². The van der Waals surface area contributed by atoms with Crippen LogP contribution < -0.4 is 5.32 Å². The van der Waals surface area contributed by atoms with Crippen molar-refractivity contribution in [1.29, 1.82) is 0 Å². The Balaban J connectivity index is 1.80. The van der Waals surface area contributed by atoms with E-state index < -0.39 is 33.7 Å². The van der Waals surface area contributed by atoms with Gasteiger partial charge < -0.3 is 10.1 Å². The second-order valence-electron chi connectivity index (χ2n) is 7.04. The summed E-state index contributed by atoms with van der Waals surface area (Å²) in [7, 11) is -3.91. The van der Waals surface area contributed by atoms with Gasteiger partial charge >= 0.3 is 0 Å². The van der Waals surface area contributed by atoms with Crippen LogP contribution in [0.4, 0.5) is 8.78 Å². The lowest BCUT2D eigenvalue weighted by Gasteiger charge is -2.31. The molecule has 7 nitrogen and oxygen atoms in total. The number of carbonyl (C=O) groups is 1. The van der Waals surface area contributed by atoms with Crippen molar-refractivity contribution in [3.05, 3.63) is 89.2 Å². The molecular weight excluding hydrogens is 476 g/mol. The van der Waals surface area contributed by atoms with Crippen molar-refractivity contribution in [3.8, 4) is 0 Å². The zero-order valence-electron chi connectivity index (χ0n) is 17.5. The molecule has 3 rings (SSSR count). The van der Waals surface area contributed by atoms with Gasteiger partial charge in [-0.15, -0.1) is 0 Å². The van der Waals surface area contributed by atoms with Crippen molar-refractivity contribution in [3.63, 3.8) is 0 Å². The van der Waals surface area contributed by atoms with E-state index >= 15 is 0 Å². The van der Waals surface area contributed by atoms with Crippen molar-refractivity contribution < 1.29 is 26.7 Å². The Morgan fingerprint density at radius 2 is 1.97 bits per heavy atom. The topological polar surface area (TPSA) is 88.1 Å². The van der Waals surface area contributed by atoms with Crippen LogP contribution in [-0.4, -0.2) is 43.7 Å². The summed E-state index contributed by atoms with van der Waals surface area (Å²) in [5.74, 6) is -2.08. The number of aliphatic imine (C=N–C) groups is 1. The number of nitrogens with one attached hydrogen (secondary N) is 1. The van der Waals surface area contributed by atoms with Gasteiger partial charge in [-0.05, 0) is 49.4 Å². The Labute approximate surface area is 195 Å². The van der Waals surface area contributed by atoms with Crippen LogP contribution in [-0.2, 0) is 14.8 Å². The second-order valence-corrected chi connectivity index (χ2v) is 9.39. The fraction of sp³-hybridized carbons (Fsp3) is 0.182. The average Bonchev–Trinajstić information content (AvgIpc) is 2.76. The first-order chi connectivity index (χ1) is 15.6. The molecule has 1 atom stereocenters. The third kappa shape index (κ3) is 5.84. The predicted molar refractivity (Wildman–Crippen MR) is 120 cm³/mol. The highest BCUT2D eigenvalue weighted by atomic mass is 35.5. The third-order valence-corrected chi connectivity index (χ3v) is 6.72. The summed E-state index contributed by atoms with van der Waals surface area (Å²) in [6.45, 7) is 5.13. The Bertz CT molecular complexity index is 1210. The number of allylic oxidation sites excluding steroid dienone is 1. The smallest absolute Gasteiger partial charge is 0.260 e. The van der Waals surface area contributed by atoms with E-state index in [2.05, 4.69) is 16.9 Å². The second kappa shape index (κ2) is 10.2. The monoisotopic (exact) mass is 495 g/mol. The summed E-state index contributed by atoms with van der Waals surface area (Å²) in [4.78, 5) is 16.5. The molecule has 0 spiro atoms. The summed E-state index contributed by atoms with van der Waals surface area (Å²) in [6, 6.07) is 8.35. The molecule has 1 aliphatic heterocycles. The number of benzene rings is 2. The third-order valence-electron chi connectivity index (χ3n) is 4.58. The number of morpholine rings is 1. The first-order valence-electron chi connectivity index (χ1n) is 9.69. The lowest BCUT2D eigenvalue weighted by atomic mass is 10.2. The Hall–Kier alpha value is -3.08. The van der Waals surface area contributed by atoms with E-state index in [0.29, 0.717) is 0 Å². The fourth-order valence-electron chi connectivity index (χ4n) is 3.00. The Morgan fingerprint density at radius 1 is 1.27 bits per heavy atom. The fourth-order valence-corrected chi connectivity index (χ4v) is 4.72. The molecule has 0 aliphatic carbocycles. The maximum Gasteiger partial charge on any atom is 0.260 e. The summed E-state index contributed by atoms with van der Waals surface area (Å²) in [5, 5.41) is 2.38. The molecule has 0 bridgehead atoms. The largest absolute Gasteiger partial charge is 0.475 e. The number of rotatable bonds is 6. The van der Waals surface area contributed by atoms with E-state index in [1.807, 2.05) is 0 Å². The van der Waals surface area contributed by atoms with Gasteiger partial charge in [-0.3, -0.25) is 4.79 Å². The molecular formula is C22H20ClF2N3O4S. The minimum atomic E-state index is -3.91. The van der Waals surface area contributed by atoms with Crippen LogP contribution in [0.5, 0.6) is 0 Å². The van der Waals surface area contributed by atoms with Crippen LogP contribution in [0.3, 0.4) is 0 Å². The standard InChI is InChI=1S/C22H20ClF2N3O4S/c1-3-16(27-22(29)21-18(23)5-4-6-19(21)25)11-26-20-13-28(12-14(2)32-20)33(30,31)17-9-7-15(24)8-10-17/h3-11,14H,1,12-13H2,2H3,(H,27,29)/b16-11+,26-20?/t14-/m0/s1. The van der Waals surface area contributed by atoms with E-state index in [0.717, 1.165) is 22.5 Å². The number of amides is 1. The van der Waals surface area contributed by atoms with E-state index in [-0.39, 0.29) is 40.2 Å². The molecule has 1 N–H and O–H groups in total. The lowest BCUT2D eigenvalue weighted by molar-refractivity contribution is 0.0963. The number of ether oxygens (including phenoxy) is 1. The van der Waals surface area contributed by atoms with Crippen LogP contribution in [0.25, 0.3) is 0 Å². The highest BCUT2D eigenvalue weighted by molar-refractivity contribution is 7.89. The molecule has 1 heterocycles. The van der Waals surface area contributed by atoms with Gasteiger partial charge in [0.15, 0.2) is 0 Å². The zero-order valence-corrected chi connectivity index (χ0v) is 19.0. The van der Waals surface area contributed by atoms with Gasteiger partial charge in [0.1, 0.15) is 17.7 Å². The molecule has 0 aromatic heterocycles. The molecule has 1 fully saturated rings. The van der Waals surface area contributed by atoms with Gasteiger partial charge in [0.25, 0.3) is 5.91 Å². The van der Waals surface area contributed by atoms with Gasteiger partial charge in [-0.25, -0.2) is 22.2 Å². The zero-order chi connectivity index (χ0) is 24.2. The van der Waals surface area contributed by atoms with E-state index in [9.17, 15) is 22.0 Å². The minimum absolute atomic E-state index is 0.0614. The van der Waals surface area contributed by atoms with E-state index in [4.69, 9.17) is 16.3 Å². The highest BCUT2D eigenvalue weighted by Crippen LogP contribution is 2.21. The van der Waals surface area contributed by atoms with Crippen LogP contribution >= 0.6 is 11.6 Å². The molecule has 0 unspecified atom stereocenters. The maximum absolute atomic E-state index is 14.0. The van der Waals surface area contributed by atoms with Crippen LogP contribution in [0.1, 0.15) is 17.3 Å². The molecule has 2 aromatic rings. The number of halogens is 3. The first-order valence-corrected chi connectivity index (χ1v) is 11.5. The van der Waals surface area contributed by atoms with Gasteiger partial charge in [0.2, 0.25) is 15.9 Å². The molecule has 11 heteroatoms. The molecule has 33 heavy (non-hydrogen) atoms. The predicted octanol–water partition coefficient (Wildman–Crippen LogP) is 3.88. The van der Waals surface area contributed by atoms with Crippen molar-refractivity contribution >= 4 is 33.4 Å². The van der Waals surface area contributed by atoms with Crippen LogP contribution in [0.2, 0.25) is 5.02 Å². The summed E-state index contributed by atoms with van der Waals surface area (Å²) < 4.78 is 59.7. The number of sulfonamides is 1. The number of carbonyl (C=O) groups excluding carboxylic acids is 1. The van der Waals surface area contributed by atoms with Gasteiger partial charge in [0, 0.05) is 0 Å². The molecule has 174 valence electrons. The van der Waals surface area contributed by atoms with Crippen LogP contribution in [0, 0.1) is 11.6 Å². The molecule has 1 amide bonds. The van der Waals surface area contributed by atoms with Crippen molar-refractivity contribution in [2.75, 3.05) is 13.1 Å². The number of hydrogen-bond acceptors (Lipinski definition) is 5. The number of nitrogens with zero attached hydrogens (tertiary/aromatic N) is 2. The summed E-state index contributed by atoms with van der Waals surface area (Å²) in [6.07, 6.45) is 1.96.